The van der Waals surface area contributed by atoms with Crippen molar-refractivity contribution >= 4 is 23.0 Å². The highest BCUT2D eigenvalue weighted by molar-refractivity contribution is 5.77. The second-order valence-electron chi connectivity index (χ2n) is 5.26. The maximum atomic E-state index is 6.08. The van der Waals surface area contributed by atoms with Crippen LogP contribution in [0.1, 0.15) is 25.3 Å². The van der Waals surface area contributed by atoms with Crippen LogP contribution in [0.3, 0.4) is 0 Å². The minimum atomic E-state index is 0.522. The number of hydrogen-bond donors (Lipinski definition) is 2. The lowest BCUT2D eigenvalue weighted by atomic mass is 10.0. The predicted octanol–water partition coefficient (Wildman–Crippen LogP) is 2.99. The van der Waals surface area contributed by atoms with E-state index in [4.69, 9.17) is 5.73 Å². The molecule has 5 nitrogen and oxygen atoms in total. The second kappa shape index (κ2) is 5.77. The molecule has 1 heterocycles. The summed E-state index contributed by atoms with van der Waals surface area (Å²) in [5.41, 5.74) is 8.90. The zero-order chi connectivity index (χ0) is 14.7. The topological polar surface area (TPSA) is 67.1 Å². The summed E-state index contributed by atoms with van der Waals surface area (Å²) in [6, 6.07) is 8.28. The highest BCUT2D eigenvalue weighted by atomic mass is 15.2. The summed E-state index contributed by atoms with van der Waals surface area (Å²) in [5, 5.41) is 3.23. The first-order valence-corrected chi connectivity index (χ1v) is 6.64. The number of nitrogen functional groups attached to an aromatic ring is 1. The number of nitrogens with two attached hydrogens (primary N) is 1. The Labute approximate surface area is 119 Å². The monoisotopic (exact) mass is 271 g/mol. The van der Waals surface area contributed by atoms with E-state index in [9.17, 15) is 0 Å². The lowest BCUT2D eigenvalue weighted by Gasteiger charge is -2.16. The van der Waals surface area contributed by atoms with Crippen LogP contribution in [0.25, 0.3) is 0 Å². The van der Waals surface area contributed by atoms with Gasteiger partial charge in [-0.2, -0.15) is 0 Å². The summed E-state index contributed by atoms with van der Waals surface area (Å²) < 4.78 is 0. The highest BCUT2D eigenvalue weighted by Crippen LogP contribution is 2.27. The van der Waals surface area contributed by atoms with Crippen molar-refractivity contribution in [2.75, 3.05) is 30.0 Å². The van der Waals surface area contributed by atoms with Gasteiger partial charge in [-0.05, 0) is 23.6 Å². The molecular weight excluding hydrogens is 250 g/mol. The number of nitrogens with zero attached hydrogens (tertiary/aromatic N) is 3. The van der Waals surface area contributed by atoms with Crippen LogP contribution in [0.5, 0.6) is 0 Å². The SMILES string of the molecule is CC(C)c1ccc(Nc2ncnc(N(C)C)c2N)cc1. The van der Waals surface area contributed by atoms with Gasteiger partial charge >= 0.3 is 0 Å². The van der Waals surface area contributed by atoms with Gasteiger partial charge in [0.25, 0.3) is 0 Å². The van der Waals surface area contributed by atoms with Crippen molar-refractivity contribution in [2.45, 2.75) is 19.8 Å². The molecule has 2 rings (SSSR count). The van der Waals surface area contributed by atoms with Crippen molar-refractivity contribution < 1.29 is 0 Å². The maximum absolute atomic E-state index is 6.08. The Morgan fingerprint density at radius 2 is 1.75 bits per heavy atom. The fourth-order valence-corrected chi connectivity index (χ4v) is 1.93. The molecular formula is C15H21N5. The maximum Gasteiger partial charge on any atom is 0.159 e. The fraction of sp³-hybridized carbons (Fsp3) is 0.333. The fourth-order valence-electron chi connectivity index (χ4n) is 1.93. The number of aromatic nitrogens is 2. The first kappa shape index (κ1) is 14.1. The van der Waals surface area contributed by atoms with Crippen LogP contribution in [-0.4, -0.2) is 24.1 Å². The third kappa shape index (κ3) is 2.99. The van der Waals surface area contributed by atoms with E-state index in [1.165, 1.54) is 11.9 Å². The summed E-state index contributed by atoms with van der Waals surface area (Å²) in [6.07, 6.45) is 1.51. The van der Waals surface area contributed by atoms with Gasteiger partial charge in [-0.3, -0.25) is 0 Å². The summed E-state index contributed by atoms with van der Waals surface area (Å²) in [5.74, 6) is 1.86. The molecule has 5 heteroatoms. The van der Waals surface area contributed by atoms with E-state index in [0.717, 1.165) is 5.69 Å². The van der Waals surface area contributed by atoms with E-state index < -0.39 is 0 Å². The zero-order valence-corrected chi connectivity index (χ0v) is 12.4. The summed E-state index contributed by atoms with van der Waals surface area (Å²) in [6.45, 7) is 4.35. The minimum absolute atomic E-state index is 0.522. The predicted molar refractivity (Wildman–Crippen MR) is 84.6 cm³/mol. The lowest BCUT2D eigenvalue weighted by molar-refractivity contribution is 0.867. The Bertz CT molecular complexity index is 575. The van der Waals surface area contributed by atoms with Gasteiger partial charge in [0.05, 0.1) is 0 Å². The van der Waals surface area contributed by atoms with E-state index in [0.29, 0.717) is 23.2 Å². The molecule has 0 fully saturated rings. The van der Waals surface area contributed by atoms with Crippen LogP contribution in [-0.2, 0) is 0 Å². The van der Waals surface area contributed by atoms with E-state index in [1.807, 2.05) is 31.1 Å². The van der Waals surface area contributed by atoms with Crippen LogP contribution in [0, 0.1) is 0 Å². The Morgan fingerprint density at radius 3 is 2.30 bits per heavy atom. The molecule has 106 valence electrons. The number of hydrogen-bond acceptors (Lipinski definition) is 5. The molecule has 0 amide bonds. The minimum Gasteiger partial charge on any atom is -0.393 e. The number of anilines is 4. The standard InChI is InChI=1S/C15H21N5/c1-10(2)11-5-7-12(8-6-11)19-14-13(16)15(20(3)4)18-9-17-14/h5-10H,16H2,1-4H3,(H,17,18,19). The Kier molecular flexibility index (Phi) is 4.08. The van der Waals surface area contributed by atoms with Crippen LogP contribution in [0.15, 0.2) is 30.6 Å². The van der Waals surface area contributed by atoms with E-state index in [2.05, 4.69) is 41.3 Å². The van der Waals surface area contributed by atoms with Gasteiger partial charge in [0.1, 0.15) is 12.0 Å². The molecule has 0 aliphatic rings. The van der Waals surface area contributed by atoms with Crippen LogP contribution in [0.4, 0.5) is 23.0 Å². The van der Waals surface area contributed by atoms with Gasteiger partial charge in [0, 0.05) is 19.8 Å². The van der Waals surface area contributed by atoms with Gasteiger partial charge in [0.2, 0.25) is 0 Å². The third-order valence-electron chi connectivity index (χ3n) is 3.13. The van der Waals surface area contributed by atoms with Crippen molar-refractivity contribution in [2.24, 2.45) is 0 Å². The van der Waals surface area contributed by atoms with E-state index >= 15 is 0 Å². The largest absolute Gasteiger partial charge is 0.393 e. The molecule has 0 saturated carbocycles. The zero-order valence-electron chi connectivity index (χ0n) is 12.4. The van der Waals surface area contributed by atoms with Crippen molar-refractivity contribution in [1.82, 2.24) is 9.97 Å². The van der Waals surface area contributed by atoms with Crippen LogP contribution < -0.4 is 16.0 Å². The molecule has 0 atom stereocenters. The molecule has 20 heavy (non-hydrogen) atoms. The first-order valence-electron chi connectivity index (χ1n) is 6.64. The Morgan fingerprint density at radius 1 is 1.10 bits per heavy atom. The molecule has 0 aliphatic carbocycles. The number of nitrogens with one attached hydrogen (secondary N) is 1. The van der Waals surface area contributed by atoms with Gasteiger partial charge in [-0.1, -0.05) is 26.0 Å². The normalized spacial score (nSPS) is 10.7. The molecule has 3 N–H and O–H groups in total. The van der Waals surface area contributed by atoms with Gasteiger partial charge < -0.3 is 16.0 Å². The highest BCUT2D eigenvalue weighted by Gasteiger charge is 2.09. The van der Waals surface area contributed by atoms with Crippen molar-refractivity contribution in [1.29, 1.82) is 0 Å². The number of rotatable bonds is 4. The van der Waals surface area contributed by atoms with Gasteiger partial charge in [-0.25, -0.2) is 9.97 Å². The average Bonchev–Trinajstić information content (AvgIpc) is 2.41. The molecule has 1 aromatic carbocycles. The van der Waals surface area contributed by atoms with Gasteiger partial charge in [-0.15, -0.1) is 0 Å². The molecule has 0 unspecified atom stereocenters. The lowest BCUT2D eigenvalue weighted by Crippen LogP contribution is -2.14. The summed E-state index contributed by atoms with van der Waals surface area (Å²) >= 11 is 0. The van der Waals surface area contributed by atoms with Crippen LogP contribution in [0.2, 0.25) is 0 Å². The summed E-state index contributed by atoms with van der Waals surface area (Å²) in [4.78, 5) is 10.2. The molecule has 0 radical (unpaired) electrons. The molecule has 2 aromatic rings. The average molecular weight is 271 g/mol. The quantitative estimate of drug-likeness (QED) is 0.894. The van der Waals surface area contributed by atoms with E-state index in [-0.39, 0.29) is 0 Å². The number of benzene rings is 1. The Hall–Kier alpha value is -2.30. The van der Waals surface area contributed by atoms with Crippen molar-refractivity contribution in [3.05, 3.63) is 36.2 Å². The molecule has 0 bridgehead atoms. The Balaban J connectivity index is 2.24. The van der Waals surface area contributed by atoms with Crippen molar-refractivity contribution in [3.63, 3.8) is 0 Å². The van der Waals surface area contributed by atoms with Crippen molar-refractivity contribution in [3.8, 4) is 0 Å². The molecule has 0 spiro atoms. The smallest absolute Gasteiger partial charge is 0.159 e. The van der Waals surface area contributed by atoms with Crippen LogP contribution >= 0.6 is 0 Å². The first-order chi connectivity index (χ1) is 9.49. The van der Waals surface area contributed by atoms with Gasteiger partial charge in [0.15, 0.2) is 11.6 Å². The third-order valence-corrected chi connectivity index (χ3v) is 3.13. The second-order valence-corrected chi connectivity index (χ2v) is 5.26. The molecule has 0 saturated heterocycles. The summed E-state index contributed by atoms with van der Waals surface area (Å²) in [7, 11) is 3.81. The van der Waals surface area contributed by atoms with E-state index in [1.54, 1.807) is 0 Å². The molecule has 0 aliphatic heterocycles. The molecule has 1 aromatic heterocycles.